The predicted octanol–water partition coefficient (Wildman–Crippen LogP) is 2.26. The average Bonchev–Trinajstić information content (AvgIpc) is 3.14. The zero-order chi connectivity index (χ0) is 15.9. The van der Waals surface area contributed by atoms with E-state index in [4.69, 9.17) is 0 Å². The second kappa shape index (κ2) is 7.76. The molecule has 1 saturated carbocycles. The molecule has 3 rings (SSSR count). The highest BCUT2D eigenvalue weighted by Gasteiger charge is 2.14. The third-order valence-corrected chi connectivity index (χ3v) is 4.21. The van der Waals surface area contributed by atoms with Crippen LogP contribution in [0.25, 0.3) is 5.82 Å². The molecule has 0 saturated heterocycles. The number of aliphatic imine (C=N–C) groups is 1. The van der Waals surface area contributed by atoms with Gasteiger partial charge in [0, 0.05) is 38.2 Å². The molecule has 2 aromatic rings. The molecule has 1 aliphatic rings. The number of hydrogen-bond acceptors (Lipinski definition) is 3. The second-order valence-electron chi connectivity index (χ2n) is 5.90. The lowest BCUT2D eigenvalue weighted by molar-refractivity contribution is 0.410. The van der Waals surface area contributed by atoms with Crippen molar-refractivity contribution in [2.45, 2.75) is 44.7 Å². The van der Waals surface area contributed by atoms with Crippen molar-refractivity contribution in [2.75, 3.05) is 7.05 Å². The van der Waals surface area contributed by atoms with Gasteiger partial charge in [-0.05, 0) is 24.5 Å². The summed E-state index contributed by atoms with van der Waals surface area (Å²) in [5.74, 6) is 1.74. The quantitative estimate of drug-likeness (QED) is 0.671. The van der Waals surface area contributed by atoms with Crippen LogP contribution in [0.2, 0.25) is 0 Å². The third-order valence-electron chi connectivity index (χ3n) is 4.21. The van der Waals surface area contributed by atoms with Gasteiger partial charge >= 0.3 is 0 Å². The molecular formula is C17H24N6. The van der Waals surface area contributed by atoms with Crippen LogP contribution >= 0.6 is 0 Å². The highest BCUT2D eigenvalue weighted by Crippen LogP contribution is 2.17. The lowest BCUT2D eigenvalue weighted by atomic mass is 9.96. The van der Waals surface area contributed by atoms with E-state index in [0.717, 1.165) is 17.3 Å². The highest BCUT2D eigenvalue weighted by atomic mass is 15.2. The standard InChI is InChI=1S/C17H24N6/c1-18-17(22-15-5-3-2-4-6-15)21-12-14-7-8-16(20-11-14)23-10-9-19-13-23/h7-11,13,15H,2-6,12H2,1H3,(H2,18,21,22). The van der Waals surface area contributed by atoms with Gasteiger partial charge in [0.05, 0.1) is 0 Å². The van der Waals surface area contributed by atoms with Crippen LogP contribution < -0.4 is 10.6 Å². The van der Waals surface area contributed by atoms with E-state index in [0.29, 0.717) is 12.6 Å². The summed E-state index contributed by atoms with van der Waals surface area (Å²) >= 11 is 0. The summed E-state index contributed by atoms with van der Waals surface area (Å²) < 4.78 is 1.89. The van der Waals surface area contributed by atoms with E-state index in [1.807, 2.05) is 30.1 Å². The predicted molar refractivity (Wildman–Crippen MR) is 91.6 cm³/mol. The van der Waals surface area contributed by atoms with E-state index in [-0.39, 0.29) is 0 Å². The Morgan fingerprint density at radius 3 is 2.83 bits per heavy atom. The molecule has 6 nitrogen and oxygen atoms in total. The van der Waals surface area contributed by atoms with Gasteiger partial charge in [-0.3, -0.25) is 9.56 Å². The summed E-state index contributed by atoms with van der Waals surface area (Å²) in [5.41, 5.74) is 1.13. The normalized spacial score (nSPS) is 16.3. The molecule has 23 heavy (non-hydrogen) atoms. The van der Waals surface area contributed by atoms with Crippen LogP contribution in [0.1, 0.15) is 37.7 Å². The minimum atomic E-state index is 0.552. The van der Waals surface area contributed by atoms with Crippen LogP contribution in [0.15, 0.2) is 42.0 Å². The summed E-state index contributed by atoms with van der Waals surface area (Å²) in [6.07, 6.45) is 13.7. The topological polar surface area (TPSA) is 67.1 Å². The number of guanidine groups is 1. The molecule has 0 bridgehead atoms. The fraction of sp³-hybridized carbons (Fsp3) is 0.471. The van der Waals surface area contributed by atoms with Crippen molar-refractivity contribution < 1.29 is 0 Å². The Bertz CT molecular complexity index is 611. The van der Waals surface area contributed by atoms with Crippen LogP contribution in [0.3, 0.4) is 0 Å². The number of pyridine rings is 1. The van der Waals surface area contributed by atoms with Gasteiger partial charge in [-0.15, -0.1) is 0 Å². The summed E-state index contributed by atoms with van der Waals surface area (Å²) in [6.45, 7) is 0.712. The van der Waals surface area contributed by atoms with Crippen LogP contribution in [0, 0.1) is 0 Å². The van der Waals surface area contributed by atoms with E-state index in [1.165, 1.54) is 32.1 Å². The fourth-order valence-electron chi connectivity index (χ4n) is 2.89. The molecule has 0 atom stereocenters. The zero-order valence-electron chi connectivity index (χ0n) is 13.6. The molecule has 2 aromatic heterocycles. The van der Waals surface area contributed by atoms with Gasteiger partial charge < -0.3 is 10.6 Å². The second-order valence-corrected chi connectivity index (χ2v) is 5.90. The maximum Gasteiger partial charge on any atom is 0.191 e. The van der Waals surface area contributed by atoms with E-state index in [1.54, 1.807) is 12.5 Å². The number of nitrogens with one attached hydrogen (secondary N) is 2. The molecular weight excluding hydrogens is 288 g/mol. The Morgan fingerprint density at radius 1 is 1.30 bits per heavy atom. The first kappa shape index (κ1) is 15.5. The summed E-state index contributed by atoms with van der Waals surface area (Å²) in [4.78, 5) is 12.8. The molecule has 122 valence electrons. The lowest BCUT2D eigenvalue weighted by Crippen LogP contribution is -2.43. The maximum atomic E-state index is 4.46. The average molecular weight is 312 g/mol. The molecule has 6 heteroatoms. The monoisotopic (exact) mass is 312 g/mol. The SMILES string of the molecule is CN=C(NCc1ccc(-n2ccnc2)nc1)NC1CCCCC1. The fourth-order valence-corrected chi connectivity index (χ4v) is 2.89. The van der Waals surface area contributed by atoms with Crippen molar-refractivity contribution in [3.05, 3.63) is 42.6 Å². The largest absolute Gasteiger partial charge is 0.354 e. The van der Waals surface area contributed by atoms with Gasteiger partial charge in [-0.1, -0.05) is 25.3 Å². The van der Waals surface area contributed by atoms with Crippen LogP contribution in [-0.2, 0) is 6.54 Å². The Labute approximate surface area is 137 Å². The molecule has 1 fully saturated rings. The first-order valence-electron chi connectivity index (χ1n) is 8.25. The molecule has 0 radical (unpaired) electrons. The Hall–Kier alpha value is -2.37. The lowest BCUT2D eigenvalue weighted by Gasteiger charge is -2.24. The Kier molecular flexibility index (Phi) is 5.24. The molecule has 1 aliphatic carbocycles. The number of imidazole rings is 1. The Morgan fingerprint density at radius 2 is 2.17 bits per heavy atom. The van der Waals surface area contributed by atoms with Crippen molar-refractivity contribution in [3.63, 3.8) is 0 Å². The van der Waals surface area contributed by atoms with Gasteiger partial charge in [-0.25, -0.2) is 9.97 Å². The third kappa shape index (κ3) is 4.31. The molecule has 2 heterocycles. The van der Waals surface area contributed by atoms with Crippen LogP contribution in [0.5, 0.6) is 0 Å². The number of hydrogen-bond donors (Lipinski definition) is 2. The van der Waals surface area contributed by atoms with Crippen molar-refractivity contribution in [2.24, 2.45) is 4.99 Å². The summed E-state index contributed by atoms with van der Waals surface area (Å²) in [5, 5.41) is 6.88. The highest BCUT2D eigenvalue weighted by molar-refractivity contribution is 5.79. The smallest absolute Gasteiger partial charge is 0.191 e. The van der Waals surface area contributed by atoms with Crippen molar-refractivity contribution in [1.29, 1.82) is 0 Å². The first-order chi connectivity index (χ1) is 11.3. The molecule has 0 amide bonds. The number of aromatic nitrogens is 3. The van der Waals surface area contributed by atoms with Gasteiger partial charge in [0.2, 0.25) is 0 Å². The van der Waals surface area contributed by atoms with E-state index < -0.39 is 0 Å². The molecule has 0 aromatic carbocycles. The van der Waals surface area contributed by atoms with Crippen molar-refractivity contribution >= 4 is 5.96 Å². The van der Waals surface area contributed by atoms with Gasteiger partial charge in [0.25, 0.3) is 0 Å². The first-order valence-corrected chi connectivity index (χ1v) is 8.25. The molecule has 0 aliphatic heterocycles. The summed E-state index contributed by atoms with van der Waals surface area (Å²) in [7, 11) is 1.82. The molecule has 2 N–H and O–H groups in total. The van der Waals surface area contributed by atoms with Gasteiger partial charge in [-0.2, -0.15) is 0 Å². The Balaban J connectivity index is 1.52. The number of rotatable bonds is 4. The number of nitrogens with zero attached hydrogens (tertiary/aromatic N) is 4. The zero-order valence-corrected chi connectivity index (χ0v) is 13.6. The summed E-state index contributed by atoms with van der Waals surface area (Å²) in [6, 6.07) is 4.62. The molecule has 0 spiro atoms. The van der Waals surface area contributed by atoms with Gasteiger partial charge in [0.1, 0.15) is 12.1 Å². The van der Waals surface area contributed by atoms with Crippen LogP contribution in [-0.4, -0.2) is 33.6 Å². The minimum Gasteiger partial charge on any atom is -0.354 e. The molecule has 0 unspecified atom stereocenters. The van der Waals surface area contributed by atoms with Crippen molar-refractivity contribution in [1.82, 2.24) is 25.2 Å². The van der Waals surface area contributed by atoms with Crippen LogP contribution in [0.4, 0.5) is 0 Å². The van der Waals surface area contributed by atoms with Gasteiger partial charge in [0.15, 0.2) is 5.96 Å². The van der Waals surface area contributed by atoms with E-state index >= 15 is 0 Å². The maximum absolute atomic E-state index is 4.46. The van der Waals surface area contributed by atoms with E-state index in [9.17, 15) is 0 Å². The minimum absolute atomic E-state index is 0.552. The van der Waals surface area contributed by atoms with Crippen molar-refractivity contribution in [3.8, 4) is 5.82 Å². The van der Waals surface area contributed by atoms with E-state index in [2.05, 4.69) is 31.7 Å².